The molecule has 1 atom stereocenters. The molecule has 3 amide bonds. The second-order valence-electron chi connectivity index (χ2n) is 6.79. The van der Waals surface area contributed by atoms with E-state index in [1.807, 2.05) is 56.3 Å². The normalized spacial score (nSPS) is 11.5. The van der Waals surface area contributed by atoms with Crippen LogP contribution in [0.15, 0.2) is 54.6 Å². The van der Waals surface area contributed by atoms with Crippen molar-refractivity contribution in [2.24, 2.45) is 11.7 Å². The fraction of sp³-hybridized carbons (Fsp3) is 0.286. The third-order valence-electron chi connectivity index (χ3n) is 3.82. The van der Waals surface area contributed by atoms with E-state index in [9.17, 15) is 14.4 Å². The number of nitrogens with one attached hydrogen (secondary N) is 2. The van der Waals surface area contributed by atoms with Crippen LogP contribution in [0, 0.1) is 5.92 Å². The molecule has 4 N–H and O–H groups in total. The molecule has 28 heavy (non-hydrogen) atoms. The quantitative estimate of drug-likeness (QED) is 0.651. The molecule has 0 unspecified atom stereocenters. The molecule has 0 aliphatic rings. The molecular formula is C21H25N3O4. The Morgan fingerprint density at radius 1 is 0.964 bits per heavy atom. The largest absolute Gasteiger partial charge is 0.449 e. The van der Waals surface area contributed by atoms with E-state index >= 15 is 0 Å². The summed E-state index contributed by atoms with van der Waals surface area (Å²) >= 11 is 0. The molecule has 7 heteroatoms. The number of ether oxygens (including phenoxy) is 1. The molecule has 0 fully saturated rings. The number of carbonyl (C=O) groups is 3. The lowest BCUT2D eigenvalue weighted by atomic mass is 10.1. The molecule has 0 saturated carbocycles. The van der Waals surface area contributed by atoms with Crippen LogP contribution < -0.4 is 16.4 Å². The minimum atomic E-state index is -1.12. The number of hydrogen-bond donors (Lipinski definition) is 3. The lowest BCUT2D eigenvalue weighted by Crippen LogP contribution is -2.46. The standard InChI is InChI=1S/C21H25N3O4/c1-14(2)13-28-21(27)24-18(12-19(22)25)20(26)23-17-10-8-16(9-11-17)15-6-4-3-5-7-15/h3-11,14,18H,12-13H2,1-2H3,(H2,22,25)(H,23,26)(H,24,27)/t18-/m1/s1. The van der Waals surface area contributed by atoms with Crippen LogP contribution in [-0.2, 0) is 14.3 Å². The highest BCUT2D eigenvalue weighted by Crippen LogP contribution is 2.21. The molecule has 2 aromatic rings. The number of benzene rings is 2. The molecule has 7 nitrogen and oxygen atoms in total. The van der Waals surface area contributed by atoms with Gasteiger partial charge >= 0.3 is 6.09 Å². The van der Waals surface area contributed by atoms with Gasteiger partial charge in [0.1, 0.15) is 6.04 Å². The van der Waals surface area contributed by atoms with E-state index in [1.54, 1.807) is 12.1 Å². The van der Waals surface area contributed by atoms with Gasteiger partial charge in [0.25, 0.3) is 0 Å². The Labute approximate surface area is 164 Å². The molecule has 0 heterocycles. The zero-order chi connectivity index (χ0) is 20.5. The third-order valence-corrected chi connectivity index (χ3v) is 3.82. The highest BCUT2D eigenvalue weighted by Gasteiger charge is 2.24. The van der Waals surface area contributed by atoms with Gasteiger partial charge in [0, 0.05) is 5.69 Å². The maximum absolute atomic E-state index is 12.5. The van der Waals surface area contributed by atoms with Crippen molar-refractivity contribution in [1.29, 1.82) is 0 Å². The summed E-state index contributed by atoms with van der Waals surface area (Å²) in [7, 11) is 0. The second-order valence-corrected chi connectivity index (χ2v) is 6.79. The molecular weight excluding hydrogens is 358 g/mol. The number of nitrogens with two attached hydrogens (primary N) is 1. The van der Waals surface area contributed by atoms with Crippen molar-refractivity contribution < 1.29 is 19.1 Å². The molecule has 148 valence electrons. The zero-order valence-corrected chi connectivity index (χ0v) is 16.0. The maximum atomic E-state index is 12.5. The van der Waals surface area contributed by atoms with E-state index in [0.717, 1.165) is 11.1 Å². The van der Waals surface area contributed by atoms with E-state index in [1.165, 1.54) is 0 Å². The van der Waals surface area contributed by atoms with E-state index < -0.39 is 23.9 Å². The predicted octanol–water partition coefficient (Wildman–Crippen LogP) is 2.92. The fourth-order valence-electron chi connectivity index (χ4n) is 2.44. The average Bonchev–Trinajstić information content (AvgIpc) is 2.67. The van der Waals surface area contributed by atoms with Gasteiger partial charge in [-0.25, -0.2) is 4.79 Å². The summed E-state index contributed by atoms with van der Waals surface area (Å²) in [6.07, 6.45) is -1.10. The van der Waals surface area contributed by atoms with Crippen molar-refractivity contribution in [2.75, 3.05) is 11.9 Å². The Morgan fingerprint density at radius 2 is 1.57 bits per heavy atom. The van der Waals surface area contributed by atoms with Crippen LogP contribution in [-0.4, -0.2) is 30.6 Å². The third kappa shape index (κ3) is 6.75. The van der Waals surface area contributed by atoms with Gasteiger partial charge < -0.3 is 21.1 Å². The van der Waals surface area contributed by atoms with Gasteiger partial charge in [0.05, 0.1) is 13.0 Å². The number of hydrogen-bond acceptors (Lipinski definition) is 4. The first-order valence-electron chi connectivity index (χ1n) is 9.03. The number of primary amides is 1. The van der Waals surface area contributed by atoms with Crippen molar-refractivity contribution in [3.05, 3.63) is 54.6 Å². The first-order valence-corrected chi connectivity index (χ1v) is 9.03. The van der Waals surface area contributed by atoms with Crippen LogP contribution in [0.2, 0.25) is 0 Å². The monoisotopic (exact) mass is 383 g/mol. The first-order chi connectivity index (χ1) is 13.3. The van der Waals surface area contributed by atoms with Crippen molar-refractivity contribution in [2.45, 2.75) is 26.3 Å². The van der Waals surface area contributed by atoms with Gasteiger partial charge in [-0.05, 0) is 29.2 Å². The summed E-state index contributed by atoms with van der Waals surface area (Å²) in [6.45, 7) is 3.98. The van der Waals surface area contributed by atoms with Crippen molar-refractivity contribution in [3.8, 4) is 11.1 Å². The molecule has 2 rings (SSSR count). The zero-order valence-electron chi connectivity index (χ0n) is 16.0. The van der Waals surface area contributed by atoms with Crippen LogP contribution >= 0.6 is 0 Å². The summed E-state index contributed by atoms with van der Waals surface area (Å²) in [5.41, 5.74) is 7.79. The molecule has 0 spiro atoms. The summed E-state index contributed by atoms with van der Waals surface area (Å²) in [5.74, 6) is -1.10. The highest BCUT2D eigenvalue weighted by atomic mass is 16.5. The lowest BCUT2D eigenvalue weighted by Gasteiger charge is -2.17. The smallest absolute Gasteiger partial charge is 0.407 e. The minimum Gasteiger partial charge on any atom is -0.449 e. The molecule has 2 aromatic carbocycles. The second kappa shape index (κ2) is 10.1. The molecule has 0 aliphatic heterocycles. The summed E-state index contributed by atoms with van der Waals surface area (Å²) < 4.78 is 5.00. The van der Waals surface area contributed by atoms with Crippen LogP contribution in [0.4, 0.5) is 10.5 Å². The Balaban J connectivity index is 2.01. The topological polar surface area (TPSA) is 111 Å². The van der Waals surface area contributed by atoms with Gasteiger partial charge in [-0.15, -0.1) is 0 Å². The number of carbonyl (C=O) groups excluding carboxylic acids is 3. The number of rotatable bonds is 8. The molecule has 0 bridgehead atoms. The van der Waals surface area contributed by atoms with Crippen LogP contribution in [0.5, 0.6) is 0 Å². The van der Waals surface area contributed by atoms with E-state index in [4.69, 9.17) is 10.5 Å². The Bertz CT molecular complexity index is 804. The molecule has 0 saturated heterocycles. The van der Waals surface area contributed by atoms with E-state index in [2.05, 4.69) is 10.6 Å². The molecule has 0 radical (unpaired) electrons. The van der Waals surface area contributed by atoms with Gasteiger partial charge in [-0.2, -0.15) is 0 Å². The number of alkyl carbamates (subject to hydrolysis) is 1. The fourth-order valence-corrected chi connectivity index (χ4v) is 2.44. The predicted molar refractivity (Wildman–Crippen MR) is 107 cm³/mol. The van der Waals surface area contributed by atoms with Crippen LogP contribution in [0.3, 0.4) is 0 Å². The average molecular weight is 383 g/mol. The summed E-state index contributed by atoms with van der Waals surface area (Å²) in [4.78, 5) is 35.6. The maximum Gasteiger partial charge on any atom is 0.407 e. The van der Waals surface area contributed by atoms with Crippen molar-refractivity contribution in [3.63, 3.8) is 0 Å². The Kier molecular flexibility index (Phi) is 7.56. The van der Waals surface area contributed by atoms with Crippen LogP contribution in [0.1, 0.15) is 20.3 Å². The van der Waals surface area contributed by atoms with Crippen molar-refractivity contribution in [1.82, 2.24) is 5.32 Å². The van der Waals surface area contributed by atoms with E-state index in [-0.39, 0.29) is 18.9 Å². The highest BCUT2D eigenvalue weighted by molar-refractivity contribution is 5.99. The lowest BCUT2D eigenvalue weighted by molar-refractivity contribution is -0.123. The van der Waals surface area contributed by atoms with E-state index in [0.29, 0.717) is 5.69 Å². The SMILES string of the molecule is CC(C)COC(=O)N[C@H](CC(N)=O)C(=O)Nc1ccc(-c2ccccc2)cc1. The minimum absolute atomic E-state index is 0.150. The van der Waals surface area contributed by atoms with Crippen LogP contribution in [0.25, 0.3) is 11.1 Å². The summed E-state index contributed by atoms with van der Waals surface area (Å²) in [5, 5.41) is 5.07. The first kappa shape index (κ1) is 21.0. The Hall–Kier alpha value is -3.35. The van der Waals surface area contributed by atoms with Gasteiger partial charge in [0.2, 0.25) is 11.8 Å². The molecule has 0 aromatic heterocycles. The number of anilines is 1. The summed E-state index contributed by atoms with van der Waals surface area (Å²) in [6, 6.07) is 15.9. The van der Waals surface area contributed by atoms with Gasteiger partial charge in [0.15, 0.2) is 0 Å². The number of amides is 3. The Morgan fingerprint density at radius 3 is 2.14 bits per heavy atom. The van der Waals surface area contributed by atoms with Gasteiger partial charge in [-0.3, -0.25) is 9.59 Å². The van der Waals surface area contributed by atoms with Crippen molar-refractivity contribution >= 4 is 23.6 Å². The van der Waals surface area contributed by atoms with Gasteiger partial charge in [-0.1, -0.05) is 56.3 Å². The molecule has 0 aliphatic carbocycles.